The summed E-state index contributed by atoms with van der Waals surface area (Å²) in [6.07, 6.45) is 25.5. The van der Waals surface area contributed by atoms with E-state index in [0.717, 1.165) is 64.2 Å². The molecule has 5 heteroatoms. The minimum atomic E-state index is -4.53. The Morgan fingerprint density at radius 3 is 1.30 bits per heavy atom. The van der Waals surface area contributed by atoms with Gasteiger partial charge in [0.2, 0.25) is 0 Å². The first-order valence-corrected chi connectivity index (χ1v) is 16.1. The van der Waals surface area contributed by atoms with Crippen molar-refractivity contribution in [3.63, 3.8) is 0 Å². The molecule has 0 saturated heterocycles. The van der Waals surface area contributed by atoms with Crippen LogP contribution in [0.1, 0.15) is 169 Å². The van der Waals surface area contributed by atoms with Crippen LogP contribution in [0, 0.1) is 5.92 Å². The fourth-order valence-electron chi connectivity index (χ4n) is 5.34. The molecule has 2 N–H and O–H groups in total. The van der Waals surface area contributed by atoms with Crippen LogP contribution in [0.2, 0.25) is 0 Å². The molecule has 0 spiro atoms. The van der Waals surface area contributed by atoms with Crippen molar-refractivity contribution in [1.82, 2.24) is 0 Å². The lowest BCUT2D eigenvalue weighted by Crippen LogP contribution is -2.40. The van der Waals surface area contributed by atoms with E-state index in [1.807, 2.05) is 0 Å². The fourth-order valence-corrected chi connectivity index (χ4v) is 6.15. The van der Waals surface area contributed by atoms with Crippen LogP contribution in [0.5, 0.6) is 0 Å². The molecule has 0 heterocycles. The smallest absolute Gasteiger partial charge is 0.303 e. The third-order valence-electron chi connectivity index (χ3n) is 7.35. The first-order chi connectivity index (χ1) is 15.8. The molecular formula is C28H59O4P. The van der Waals surface area contributed by atoms with Crippen LogP contribution >= 0.6 is 7.82 Å². The summed E-state index contributed by atoms with van der Waals surface area (Å²) in [5, 5.41) is 0. The molecule has 0 aromatic heterocycles. The second-order valence-electron chi connectivity index (χ2n) is 10.3. The van der Waals surface area contributed by atoms with Crippen molar-refractivity contribution in [3.8, 4) is 0 Å². The van der Waals surface area contributed by atoms with E-state index in [9.17, 15) is 14.4 Å². The predicted octanol–water partition coefficient (Wildman–Crippen LogP) is 10.1. The van der Waals surface area contributed by atoms with Gasteiger partial charge in [0.25, 0.3) is 0 Å². The minimum Gasteiger partial charge on any atom is -0.303 e. The van der Waals surface area contributed by atoms with Gasteiger partial charge in [-0.05, 0) is 25.2 Å². The largest absolute Gasteiger partial charge is 0.470 e. The van der Waals surface area contributed by atoms with Crippen LogP contribution in [0.4, 0.5) is 0 Å². The monoisotopic (exact) mass is 490 g/mol. The Hall–Kier alpha value is 0.110. The van der Waals surface area contributed by atoms with Gasteiger partial charge in [0.15, 0.2) is 0 Å². The van der Waals surface area contributed by atoms with Gasteiger partial charge in [-0.3, -0.25) is 4.52 Å². The summed E-state index contributed by atoms with van der Waals surface area (Å²) in [5.74, 6) is 0.221. The molecule has 0 aliphatic rings. The van der Waals surface area contributed by atoms with Crippen molar-refractivity contribution in [2.75, 3.05) is 0 Å². The second-order valence-corrected chi connectivity index (χ2v) is 11.5. The molecular weight excluding hydrogens is 431 g/mol. The van der Waals surface area contributed by atoms with Crippen LogP contribution in [0.15, 0.2) is 0 Å². The van der Waals surface area contributed by atoms with Crippen LogP contribution in [-0.4, -0.2) is 15.4 Å². The van der Waals surface area contributed by atoms with Gasteiger partial charge in [0.05, 0.1) is 5.60 Å². The maximum atomic E-state index is 12.1. The highest BCUT2D eigenvalue weighted by atomic mass is 31.2. The average molecular weight is 491 g/mol. The van der Waals surface area contributed by atoms with E-state index in [1.165, 1.54) is 77.0 Å². The molecule has 0 amide bonds. The number of phosphoric ester groups is 1. The quantitative estimate of drug-likeness (QED) is 0.0986. The van der Waals surface area contributed by atoms with Gasteiger partial charge < -0.3 is 9.79 Å². The topological polar surface area (TPSA) is 66.8 Å². The molecule has 0 saturated carbocycles. The number of hydrogen-bond acceptors (Lipinski definition) is 2. The van der Waals surface area contributed by atoms with Gasteiger partial charge in [0, 0.05) is 0 Å². The third kappa shape index (κ3) is 18.1. The van der Waals surface area contributed by atoms with E-state index in [4.69, 9.17) is 4.52 Å². The zero-order chi connectivity index (χ0) is 24.8. The van der Waals surface area contributed by atoms with Crippen molar-refractivity contribution in [1.29, 1.82) is 0 Å². The highest BCUT2D eigenvalue weighted by molar-refractivity contribution is 7.46. The van der Waals surface area contributed by atoms with Gasteiger partial charge in [-0.2, -0.15) is 0 Å². The molecule has 1 atom stereocenters. The number of hydrogen-bond donors (Lipinski definition) is 2. The van der Waals surface area contributed by atoms with E-state index in [-0.39, 0.29) is 5.92 Å². The summed E-state index contributed by atoms with van der Waals surface area (Å²) in [6.45, 7) is 8.85. The summed E-state index contributed by atoms with van der Waals surface area (Å²) < 4.78 is 17.8. The van der Waals surface area contributed by atoms with E-state index >= 15 is 0 Å². The maximum absolute atomic E-state index is 12.1. The van der Waals surface area contributed by atoms with Crippen molar-refractivity contribution in [2.45, 2.75) is 175 Å². The Morgan fingerprint density at radius 2 is 0.970 bits per heavy atom. The van der Waals surface area contributed by atoms with E-state index < -0.39 is 13.4 Å². The van der Waals surface area contributed by atoms with Crippen LogP contribution in [0.3, 0.4) is 0 Å². The summed E-state index contributed by atoms with van der Waals surface area (Å²) in [7, 11) is -4.53. The fraction of sp³-hybridized carbons (Fsp3) is 1.00. The number of rotatable bonds is 25. The van der Waals surface area contributed by atoms with E-state index in [1.54, 1.807) is 0 Å². The lowest BCUT2D eigenvalue weighted by molar-refractivity contribution is -0.0393. The molecule has 33 heavy (non-hydrogen) atoms. The molecule has 0 radical (unpaired) electrons. The Labute approximate surface area is 207 Å². The molecule has 0 aliphatic heterocycles. The molecule has 4 nitrogen and oxygen atoms in total. The number of unbranched alkanes of at least 4 members (excludes halogenated alkanes) is 15. The molecule has 200 valence electrons. The summed E-state index contributed by atoms with van der Waals surface area (Å²) in [4.78, 5) is 19.7. The highest BCUT2D eigenvalue weighted by Gasteiger charge is 2.42. The summed E-state index contributed by atoms with van der Waals surface area (Å²) in [5.41, 5.74) is -0.673. The van der Waals surface area contributed by atoms with Gasteiger partial charge in [0.1, 0.15) is 0 Å². The first-order valence-electron chi connectivity index (χ1n) is 14.6. The Balaban J connectivity index is 4.97. The minimum absolute atomic E-state index is 0.221. The molecule has 0 bridgehead atoms. The molecule has 0 fully saturated rings. The van der Waals surface area contributed by atoms with Crippen molar-refractivity contribution >= 4 is 7.82 Å². The lowest BCUT2D eigenvalue weighted by atomic mass is 9.75. The Bertz CT molecular complexity index is 443. The second kappa shape index (κ2) is 21.4. The average Bonchev–Trinajstić information content (AvgIpc) is 2.76. The summed E-state index contributed by atoms with van der Waals surface area (Å²) in [6, 6.07) is 0. The zero-order valence-electron chi connectivity index (χ0n) is 22.8. The molecule has 0 rings (SSSR count). The Morgan fingerprint density at radius 1 is 0.606 bits per heavy atom. The van der Waals surface area contributed by atoms with E-state index in [2.05, 4.69) is 27.7 Å². The normalized spacial score (nSPS) is 13.5. The summed E-state index contributed by atoms with van der Waals surface area (Å²) >= 11 is 0. The molecule has 0 aromatic rings. The standard InChI is InChI=1S/C28H59O4P/c1-5-9-12-14-16-18-20-22-25-28(32-33(29,30)31,27(8-4)24-11-7-3)26-23-21-19-17-15-13-10-6-2/h27H,5-26H2,1-4H3,(H2,29,30,31). The zero-order valence-corrected chi connectivity index (χ0v) is 23.7. The van der Waals surface area contributed by atoms with Crippen LogP contribution < -0.4 is 0 Å². The van der Waals surface area contributed by atoms with Gasteiger partial charge in [-0.1, -0.05) is 150 Å². The number of phosphoric acid groups is 1. The first kappa shape index (κ1) is 33.1. The molecule has 0 aromatic carbocycles. The van der Waals surface area contributed by atoms with Gasteiger partial charge in [-0.25, -0.2) is 4.57 Å². The van der Waals surface area contributed by atoms with Crippen LogP contribution in [0.25, 0.3) is 0 Å². The van der Waals surface area contributed by atoms with Crippen molar-refractivity contribution in [2.24, 2.45) is 5.92 Å². The highest BCUT2D eigenvalue weighted by Crippen LogP contribution is 2.50. The Kier molecular flexibility index (Phi) is 21.5. The molecule has 0 aliphatic carbocycles. The van der Waals surface area contributed by atoms with Gasteiger partial charge >= 0.3 is 7.82 Å². The van der Waals surface area contributed by atoms with Crippen molar-refractivity contribution < 1.29 is 18.9 Å². The third-order valence-corrected chi connectivity index (χ3v) is 7.95. The molecule has 1 unspecified atom stereocenters. The van der Waals surface area contributed by atoms with E-state index in [0.29, 0.717) is 0 Å². The van der Waals surface area contributed by atoms with Crippen molar-refractivity contribution in [3.05, 3.63) is 0 Å². The SMILES string of the molecule is CCCCCCCCCCC(CCCCCCCCCC)(OP(=O)(O)O)C(CC)CCCC. The van der Waals surface area contributed by atoms with Crippen LogP contribution in [-0.2, 0) is 9.09 Å². The van der Waals surface area contributed by atoms with Gasteiger partial charge in [-0.15, -0.1) is 0 Å². The predicted molar refractivity (Wildman–Crippen MR) is 144 cm³/mol. The maximum Gasteiger partial charge on any atom is 0.470 e. The lowest BCUT2D eigenvalue weighted by Gasteiger charge is -2.41.